The van der Waals surface area contributed by atoms with Gasteiger partial charge in [-0.3, -0.25) is 9.59 Å². The van der Waals surface area contributed by atoms with Crippen molar-refractivity contribution in [1.82, 2.24) is 4.98 Å². The molecule has 0 bridgehead atoms. The molecule has 1 amide bonds. The molecular weight excluding hydrogens is 385 g/mol. The molecule has 144 valence electrons. The Balaban J connectivity index is 2.05. The number of aromatic nitrogens is 1. The lowest BCUT2D eigenvalue weighted by molar-refractivity contribution is -0.141. The monoisotopic (exact) mass is 400 g/mol. The number of carbonyl (C=O) groups is 3. The predicted molar refractivity (Wildman–Crippen MR) is 91.7 cm³/mol. The largest absolute Gasteiger partial charge is 0.462 e. The van der Waals surface area contributed by atoms with Crippen molar-refractivity contribution in [3.63, 3.8) is 0 Å². The number of benzene rings is 1. The SMILES string of the molecule is CCOC(=O)c1sc(NC(=O)CCC(=O)c2ccccc2)nc1C(F)(F)F. The van der Waals surface area contributed by atoms with Crippen molar-refractivity contribution in [2.24, 2.45) is 0 Å². The number of ketones is 1. The lowest BCUT2D eigenvalue weighted by atomic mass is 10.1. The van der Waals surface area contributed by atoms with E-state index in [-0.39, 0.29) is 30.4 Å². The fourth-order valence-corrected chi connectivity index (χ4v) is 2.97. The Morgan fingerprint density at radius 3 is 2.41 bits per heavy atom. The van der Waals surface area contributed by atoms with Gasteiger partial charge in [-0.1, -0.05) is 41.7 Å². The molecule has 1 aromatic carbocycles. The van der Waals surface area contributed by atoms with Crippen molar-refractivity contribution in [1.29, 1.82) is 0 Å². The minimum atomic E-state index is -4.87. The number of rotatable bonds is 7. The number of carbonyl (C=O) groups excluding carboxylic acids is 3. The van der Waals surface area contributed by atoms with Gasteiger partial charge in [0.05, 0.1) is 6.61 Å². The Morgan fingerprint density at radius 1 is 1.15 bits per heavy atom. The second-order valence-corrected chi connectivity index (χ2v) is 6.25. The van der Waals surface area contributed by atoms with Gasteiger partial charge in [0.1, 0.15) is 4.88 Å². The molecule has 27 heavy (non-hydrogen) atoms. The zero-order valence-corrected chi connectivity index (χ0v) is 14.9. The van der Waals surface area contributed by atoms with Crippen molar-refractivity contribution in [2.45, 2.75) is 25.9 Å². The van der Waals surface area contributed by atoms with Gasteiger partial charge in [-0.25, -0.2) is 9.78 Å². The smallest absolute Gasteiger partial charge is 0.435 e. The maximum absolute atomic E-state index is 13.0. The highest BCUT2D eigenvalue weighted by Gasteiger charge is 2.40. The van der Waals surface area contributed by atoms with Crippen LogP contribution < -0.4 is 5.32 Å². The van der Waals surface area contributed by atoms with Crippen molar-refractivity contribution in [2.75, 3.05) is 11.9 Å². The Hall–Kier alpha value is -2.75. The van der Waals surface area contributed by atoms with Gasteiger partial charge in [0, 0.05) is 18.4 Å². The molecule has 0 aliphatic rings. The highest BCUT2D eigenvalue weighted by Crippen LogP contribution is 2.36. The van der Waals surface area contributed by atoms with Gasteiger partial charge in [-0.05, 0) is 6.92 Å². The summed E-state index contributed by atoms with van der Waals surface area (Å²) in [4.78, 5) is 38.1. The molecule has 0 fully saturated rings. The van der Waals surface area contributed by atoms with E-state index in [9.17, 15) is 27.6 Å². The fourth-order valence-electron chi connectivity index (χ4n) is 2.08. The zero-order valence-electron chi connectivity index (χ0n) is 14.1. The van der Waals surface area contributed by atoms with Crippen LogP contribution in [0.5, 0.6) is 0 Å². The van der Waals surface area contributed by atoms with Gasteiger partial charge in [0.2, 0.25) is 5.91 Å². The highest BCUT2D eigenvalue weighted by molar-refractivity contribution is 7.17. The fraction of sp³-hybridized carbons (Fsp3) is 0.294. The summed E-state index contributed by atoms with van der Waals surface area (Å²) in [6.45, 7) is 1.36. The average molecular weight is 400 g/mol. The van der Waals surface area contributed by atoms with Crippen LogP contribution >= 0.6 is 11.3 Å². The summed E-state index contributed by atoms with van der Waals surface area (Å²) in [5.41, 5.74) is -0.981. The van der Waals surface area contributed by atoms with Gasteiger partial charge in [-0.2, -0.15) is 13.2 Å². The third kappa shape index (κ3) is 5.61. The van der Waals surface area contributed by atoms with Crippen molar-refractivity contribution in [3.05, 3.63) is 46.5 Å². The Labute approximate surface area is 156 Å². The van der Waals surface area contributed by atoms with Crippen LogP contribution in [0.2, 0.25) is 0 Å². The normalized spacial score (nSPS) is 11.1. The van der Waals surface area contributed by atoms with E-state index in [4.69, 9.17) is 0 Å². The summed E-state index contributed by atoms with van der Waals surface area (Å²) in [5, 5.41) is 1.80. The lowest BCUT2D eigenvalue weighted by Gasteiger charge is -2.05. The molecule has 1 aromatic heterocycles. The van der Waals surface area contributed by atoms with Crippen LogP contribution in [-0.2, 0) is 15.7 Å². The number of nitrogens with one attached hydrogen (secondary N) is 1. The molecule has 0 unspecified atom stereocenters. The molecule has 2 rings (SSSR count). The Bertz CT molecular complexity index is 834. The predicted octanol–water partition coefficient (Wildman–Crippen LogP) is 3.94. The van der Waals surface area contributed by atoms with Crippen molar-refractivity contribution < 1.29 is 32.3 Å². The van der Waals surface area contributed by atoms with E-state index in [2.05, 4.69) is 15.0 Å². The summed E-state index contributed by atoms with van der Waals surface area (Å²) < 4.78 is 43.6. The van der Waals surface area contributed by atoms with Gasteiger partial charge in [-0.15, -0.1) is 0 Å². The summed E-state index contributed by atoms with van der Waals surface area (Å²) in [5.74, 6) is -2.12. The van der Waals surface area contributed by atoms with Crippen LogP contribution in [0.25, 0.3) is 0 Å². The number of Topliss-reactive ketones (excluding diaryl/α,β-unsaturated/α-hetero) is 1. The topological polar surface area (TPSA) is 85.4 Å². The van der Waals surface area contributed by atoms with Crippen LogP contribution in [0.1, 0.15) is 45.5 Å². The molecule has 1 heterocycles. The van der Waals surface area contributed by atoms with E-state index >= 15 is 0 Å². The molecule has 0 saturated heterocycles. The number of esters is 1. The zero-order chi connectivity index (χ0) is 20.0. The summed E-state index contributed by atoms with van der Waals surface area (Å²) >= 11 is 0.371. The Kier molecular flexibility index (Phi) is 6.67. The number of halogens is 3. The number of hydrogen-bond acceptors (Lipinski definition) is 6. The number of thiazole rings is 1. The minimum Gasteiger partial charge on any atom is -0.462 e. The second kappa shape index (κ2) is 8.76. The van der Waals surface area contributed by atoms with Gasteiger partial charge in [0.15, 0.2) is 16.6 Å². The summed E-state index contributed by atoms with van der Waals surface area (Å²) in [6, 6.07) is 8.30. The van der Waals surface area contributed by atoms with Crippen molar-refractivity contribution >= 4 is 34.1 Å². The van der Waals surface area contributed by atoms with E-state index < -0.39 is 28.6 Å². The van der Waals surface area contributed by atoms with E-state index in [1.807, 2.05) is 0 Å². The van der Waals surface area contributed by atoms with Gasteiger partial charge >= 0.3 is 12.1 Å². The van der Waals surface area contributed by atoms with E-state index in [1.165, 1.54) is 6.92 Å². The standard InChI is InChI=1S/C17H15F3N2O4S/c1-2-26-15(25)13-14(17(18,19)20)22-16(27-13)21-12(24)9-8-11(23)10-6-4-3-5-7-10/h3-7H,2,8-9H2,1H3,(H,21,22,24). The van der Waals surface area contributed by atoms with Crippen LogP contribution in [-0.4, -0.2) is 29.3 Å². The summed E-state index contributed by atoms with van der Waals surface area (Å²) in [6.07, 6.45) is -5.22. The number of anilines is 1. The first-order chi connectivity index (χ1) is 12.7. The summed E-state index contributed by atoms with van der Waals surface area (Å²) in [7, 11) is 0. The molecule has 0 saturated carbocycles. The van der Waals surface area contributed by atoms with E-state index in [1.54, 1.807) is 30.3 Å². The molecule has 0 spiro atoms. The minimum absolute atomic E-state index is 0.0999. The molecule has 0 aliphatic heterocycles. The molecule has 10 heteroatoms. The first-order valence-electron chi connectivity index (χ1n) is 7.85. The third-order valence-electron chi connectivity index (χ3n) is 3.28. The van der Waals surface area contributed by atoms with Gasteiger partial charge in [0.25, 0.3) is 0 Å². The van der Waals surface area contributed by atoms with Crippen molar-refractivity contribution in [3.8, 4) is 0 Å². The Morgan fingerprint density at radius 2 is 1.81 bits per heavy atom. The molecule has 0 atom stereocenters. The number of hydrogen-bond donors (Lipinski definition) is 1. The average Bonchev–Trinajstić information content (AvgIpc) is 3.05. The first kappa shape index (κ1) is 20.6. The third-order valence-corrected chi connectivity index (χ3v) is 4.23. The second-order valence-electron chi connectivity index (χ2n) is 5.25. The quantitative estimate of drug-likeness (QED) is 0.562. The van der Waals surface area contributed by atoms with E-state index in [0.29, 0.717) is 16.9 Å². The number of ether oxygens (including phenoxy) is 1. The number of alkyl halides is 3. The van der Waals surface area contributed by atoms with E-state index in [0.717, 1.165) is 0 Å². The number of nitrogens with zero attached hydrogens (tertiary/aromatic N) is 1. The number of amides is 1. The maximum Gasteiger partial charge on any atom is 0.435 e. The molecule has 2 aromatic rings. The van der Waals surface area contributed by atoms with Crippen LogP contribution in [0.15, 0.2) is 30.3 Å². The molecule has 6 nitrogen and oxygen atoms in total. The van der Waals surface area contributed by atoms with Crippen LogP contribution in [0, 0.1) is 0 Å². The first-order valence-corrected chi connectivity index (χ1v) is 8.67. The molecular formula is C17H15F3N2O4S. The highest BCUT2D eigenvalue weighted by atomic mass is 32.1. The molecule has 0 aliphatic carbocycles. The van der Waals surface area contributed by atoms with Crippen LogP contribution in [0.3, 0.4) is 0 Å². The molecule has 1 N–H and O–H groups in total. The maximum atomic E-state index is 13.0. The van der Waals surface area contributed by atoms with Crippen LogP contribution in [0.4, 0.5) is 18.3 Å². The molecule has 0 radical (unpaired) electrons. The lowest BCUT2D eigenvalue weighted by Crippen LogP contribution is -2.15. The van der Waals surface area contributed by atoms with Gasteiger partial charge < -0.3 is 10.1 Å².